The number of carbonyl (C=O) groups is 10. The van der Waals surface area contributed by atoms with E-state index in [4.69, 9.17) is 23.2 Å². The summed E-state index contributed by atoms with van der Waals surface area (Å²) in [7, 11) is 7.15. The van der Waals surface area contributed by atoms with Crippen LogP contribution in [0, 0.1) is 75.8 Å². The average molecular weight is 2000 g/mol. The van der Waals surface area contributed by atoms with Crippen LogP contribution in [0.2, 0.25) is 10.0 Å². The van der Waals surface area contributed by atoms with Gasteiger partial charge >= 0.3 is 0 Å². The highest BCUT2D eigenvalue weighted by Gasteiger charge is 2.45. The Bertz CT molecular complexity index is 5380. The Morgan fingerprint density at radius 2 is 0.703 bits per heavy atom. The first-order valence-electron chi connectivity index (χ1n) is 51.3. The molecule has 4 aromatic heterocycles. The zero-order chi connectivity index (χ0) is 98.7. The molecule has 4 aliphatic carbocycles. The molecule has 8 aliphatic rings. The number of halogens is 4. The molecular formula is C109H145BrCl2FN15O10. The molecule has 4 aliphatic heterocycles. The lowest BCUT2D eigenvalue weighted by Gasteiger charge is -2.35. The van der Waals surface area contributed by atoms with Gasteiger partial charge in [-0.3, -0.25) is 52.6 Å². The molecule has 4 amide bonds. The highest BCUT2D eigenvalue weighted by atomic mass is 79.9. The molecule has 138 heavy (non-hydrogen) atoms. The average Bonchev–Trinajstić information content (AvgIpc) is 1.64. The van der Waals surface area contributed by atoms with Crippen molar-refractivity contribution < 1.29 is 52.3 Å². The molecule has 16 rings (SSSR count). The number of likely N-dealkylation sites (N-methyl/N-ethyl adjacent to an activating group) is 4. The van der Waals surface area contributed by atoms with Crippen LogP contribution in [0.3, 0.4) is 0 Å². The Labute approximate surface area is 832 Å². The maximum Gasteiger partial charge on any atom is 0.226 e. The third kappa shape index (κ3) is 25.8. The van der Waals surface area contributed by atoms with Crippen LogP contribution in [-0.2, 0) is 64.5 Å². The lowest BCUT2D eigenvalue weighted by molar-refractivity contribution is -0.142. The second-order valence-electron chi connectivity index (χ2n) is 40.7. The summed E-state index contributed by atoms with van der Waals surface area (Å²) < 4.78 is 22.8. The maximum absolute atomic E-state index is 14.0. The highest BCUT2D eigenvalue weighted by molar-refractivity contribution is 9.10. The number of benzene rings is 4. The summed E-state index contributed by atoms with van der Waals surface area (Å²) in [4.78, 5) is 140. The molecule has 8 fully saturated rings. The van der Waals surface area contributed by atoms with E-state index in [1.165, 1.54) is 44.7 Å². The predicted molar refractivity (Wildman–Crippen MR) is 544 cm³/mol. The van der Waals surface area contributed by atoms with Gasteiger partial charge in [-0.05, 0) is 262 Å². The summed E-state index contributed by atoms with van der Waals surface area (Å²) in [6.07, 6.45) is 36.3. The van der Waals surface area contributed by atoms with E-state index in [2.05, 4.69) is 68.5 Å². The second kappa shape index (κ2) is 49.9. The van der Waals surface area contributed by atoms with Crippen LogP contribution >= 0.6 is 39.1 Å². The van der Waals surface area contributed by atoms with Crippen molar-refractivity contribution >= 4 is 141 Å². The van der Waals surface area contributed by atoms with Gasteiger partial charge in [0.25, 0.3) is 0 Å². The molecule has 25 nitrogen and oxygen atoms in total. The van der Waals surface area contributed by atoms with Crippen molar-refractivity contribution in [3.8, 4) is 12.1 Å². The monoisotopic (exact) mass is 1990 g/mol. The van der Waals surface area contributed by atoms with Gasteiger partial charge in [-0.15, -0.1) is 0 Å². The zero-order valence-corrected chi connectivity index (χ0v) is 85.8. The molecule has 12 atom stereocenters. The number of nitriles is 2. The first-order valence-corrected chi connectivity index (χ1v) is 52.8. The first-order chi connectivity index (χ1) is 66.4. The topological polar surface area (TPSA) is 312 Å². The number of hydrogen-bond acceptors (Lipinski definition) is 17. The number of nitrogens with zero attached hydrogens (tertiary/aromatic N) is 11. The standard InChI is InChI=1S/C28H38BrN3O3.C27H37ClN4O3.C27H35ClN4O2.C27H35FN4O2/c1-18(30-3)27(34)15-23(20-8-5-4-6-9-20)28(35)32-13-7-10-22(32)16-31-17-25(19(2)33)24-14-21(29)11-12-26(24)31;1-17(29-3)25(34)15-22(19-8-5-4-6-9-19)27(35)31-13-7-10-21(31)16-32-24-12-11-20(28)14-23(24)26(30-32)18(2)33;2*1-18(30-2)26(33)14-24(19-7-4-3-5-8-19)27(34)32-12-6-9-22(32)17-31-16-20(15-29)23-13-21(28)10-11-25(23)31/h11-12,14,17-18,20,22-23,30H,4-10,13,15-16H2,1-3H3;11-12,14,17,19,21-22,29H,4-10,13,15-16H2,1-3H3;2*10-11,13,16,18-19,22,24,30H,3-9,12,14,17H2,1-2H3. The number of rotatable bonds is 34. The van der Waals surface area contributed by atoms with Crippen molar-refractivity contribution in [2.75, 3.05) is 54.4 Å². The van der Waals surface area contributed by atoms with E-state index >= 15 is 0 Å². The molecule has 0 spiro atoms. The van der Waals surface area contributed by atoms with Gasteiger partial charge in [0.1, 0.15) is 46.8 Å². The SMILES string of the molecule is CNC(C)C(=O)CC(C(=O)N1CCCC1Cn1cc(C#N)c2cc(Cl)ccc21)C1CCCCC1.CNC(C)C(=O)CC(C(=O)N1CCCC1Cn1cc(C#N)c2cc(F)ccc21)C1CCCCC1.CNC(C)C(=O)CC(C(=O)N1CCCC1Cn1cc(C(C)=O)c2cc(Br)ccc21)C1CCCCC1.CNC(C)C(=O)CC(C(=O)N1CCCC1Cn1nc(C(C)=O)c2cc(Cl)ccc21)C1CCCCC1. The molecule has 744 valence electrons. The smallest absolute Gasteiger partial charge is 0.226 e. The summed E-state index contributed by atoms with van der Waals surface area (Å²) >= 11 is 15.9. The fourth-order valence-corrected chi connectivity index (χ4v) is 24.2. The van der Waals surface area contributed by atoms with Gasteiger partial charge in [-0.2, -0.15) is 15.6 Å². The number of nitrogens with one attached hydrogen (secondary N) is 4. The van der Waals surface area contributed by atoms with Crippen LogP contribution in [0.1, 0.15) is 279 Å². The van der Waals surface area contributed by atoms with Crippen LogP contribution < -0.4 is 21.3 Å². The molecular weight excluding hydrogens is 1850 g/mol. The minimum Gasteiger partial charge on any atom is -0.345 e. The Morgan fingerprint density at radius 1 is 0.391 bits per heavy atom. The van der Waals surface area contributed by atoms with Gasteiger partial charge < -0.3 is 54.6 Å². The Balaban J connectivity index is 0.000000155. The fraction of sp³-hybridized carbons (Fsp3) is 0.606. The summed E-state index contributed by atoms with van der Waals surface area (Å²) in [6, 6.07) is 25.2. The van der Waals surface area contributed by atoms with Crippen molar-refractivity contribution in [1.82, 2.24) is 64.3 Å². The number of fused-ring (bicyclic) bond motifs is 4. The molecule has 4 N–H and O–H groups in total. The van der Waals surface area contributed by atoms with Gasteiger partial charge in [-0.1, -0.05) is 116 Å². The van der Waals surface area contributed by atoms with Crippen molar-refractivity contribution in [2.45, 2.75) is 322 Å². The van der Waals surface area contributed by atoms with Crippen LogP contribution in [0.25, 0.3) is 43.6 Å². The molecule has 29 heteroatoms. The lowest BCUT2D eigenvalue weighted by atomic mass is 9.76. The number of amides is 4. The molecule has 0 radical (unpaired) electrons. The van der Waals surface area contributed by atoms with Gasteiger partial charge in [0.2, 0.25) is 23.6 Å². The number of Topliss-reactive ketones (excluding diaryl/α,β-unsaturated/α-hetero) is 6. The van der Waals surface area contributed by atoms with E-state index in [0.717, 1.165) is 210 Å². The van der Waals surface area contributed by atoms with E-state index in [0.29, 0.717) is 109 Å². The molecule has 4 aromatic carbocycles. The Hall–Kier alpha value is -9.32. The van der Waals surface area contributed by atoms with Crippen molar-refractivity contribution in [2.24, 2.45) is 47.3 Å². The van der Waals surface area contributed by atoms with Crippen LogP contribution in [0.5, 0.6) is 0 Å². The minimum atomic E-state index is -0.366. The molecule has 0 bridgehead atoms. The Kier molecular flexibility index (Phi) is 38.3. The van der Waals surface area contributed by atoms with Gasteiger partial charge in [0.05, 0.1) is 53.4 Å². The third-order valence-electron chi connectivity index (χ3n) is 31.9. The summed E-state index contributed by atoms with van der Waals surface area (Å²) in [6.45, 7) is 15.9. The molecule has 8 heterocycles. The largest absolute Gasteiger partial charge is 0.345 e. The maximum atomic E-state index is 14.0. The van der Waals surface area contributed by atoms with Crippen molar-refractivity contribution in [3.05, 3.63) is 134 Å². The number of likely N-dealkylation sites (tertiary alicyclic amines) is 4. The lowest BCUT2D eigenvalue weighted by Crippen LogP contribution is -2.45. The van der Waals surface area contributed by atoms with Gasteiger partial charge in [0, 0.05) is 197 Å². The normalized spacial score (nSPS) is 20.8. The quantitative estimate of drug-likeness (QED) is 0.0272. The number of hydrogen-bond donors (Lipinski definition) is 4. The molecule has 8 aromatic rings. The van der Waals surface area contributed by atoms with E-state index in [1.54, 1.807) is 59.5 Å². The van der Waals surface area contributed by atoms with Gasteiger partial charge in [0.15, 0.2) is 11.6 Å². The number of aromatic nitrogens is 5. The van der Waals surface area contributed by atoms with Gasteiger partial charge in [-0.25, -0.2) is 4.39 Å². The van der Waals surface area contributed by atoms with Crippen molar-refractivity contribution in [3.63, 3.8) is 0 Å². The van der Waals surface area contributed by atoms with E-state index < -0.39 is 0 Å². The highest BCUT2D eigenvalue weighted by Crippen LogP contribution is 2.43. The van der Waals surface area contributed by atoms with E-state index in [-0.39, 0.29) is 154 Å². The number of carbonyl (C=O) groups excluding carboxylic acids is 10. The summed E-state index contributed by atoms with van der Waals surface area (Å²) in [5.74, 6) is 0.638. The fourth-order valence-electron chi connectivity index (χ4n) is 23.5. The minimum absolute atomic E-state index is 0.00242. The van der Waals surface area contributed by atoms with E-state index in [9.17, 15) is 62.9 Å². The van der Waals surface area contributed by atoms with Crippen LogP contribution in [0.4, 0.5) is 4.39 Å². The molecule has 12 unspecified atom stereocenters. The summed E-state index contributed by atoms with van der Waals surface area (Å²) in [5.41, 5.74) is 5.78. The predicted octanol–water partition coefficient (Wildman–Crippen LogP) is 19.3. The Morgan fingerprint density at radius 3 is 1.04 bits per heavy atom. The third-order valence-corrected chi connectivity index (χ3v) is 32.9. The number of ketones is 6. The summed E-state index contributed by atoms with van der Waals surface area (Å²) in [5, 5.41) is 40.2. The zero-order valence-electron chi connectivity index (χ0n) is 82.7. The molecule has 4 saturated heterocycles. The van der Waals surface area contributed by atoms with Crippen molar-refractivity contribution in [1.29, 1.82) is 10.5 Å². The second-order valence-corrected chi connectivity index (χ2v) is 42.4. The van der Waals surface area contributed by atoms with Crippen LogP contribution in [0.15, 0.2) is 95.9 Å². The first kappa shape index (κ1) is 106. The van der Waals surface area contributed by atoms with E-state index in [1.807, 2.05) is 107 Å². The van der Waals surface area contributed by atoms with Crippen LogP contribution in [-0.4, -0.2) is 204 Å². The molecule has 4 saturated carbocycles.